The van der Waals surface area contributed by atoms with Crippen molar-refractivity contribution in [3.8, 4) is 22.3 Å². The fourth-order valence-electron chi connectivity index (χ4n) is 6.13. The molecule has 6 aromatic rings. The molecule has 0 spiro atoms. The van der Waals surface area contributed by atoms with Gasteiger partial charge >= 0.3 is 37.9 Å². The van der Waals surface area contributed by atoms with E-state index in [0.29, 0.717) is 23.7 Å². The second kappa shape index (κ2) is 19.8. The van der Waals surface area contributed by atoms with Gasteiger partial charge < -0.3 is 0 Å². The zero-order chi connectivity index (χ0) is 35.4. The first kappa shape index (κ1) is 40.2. The van der Waals surface area contributed by atoms with Crippen LogP contribution in [0.4, 0.5) is 0 Å². The molecular weight excluding hydrogens is 719 g/mol. The van der Waals surface area contributed by atoms with Crippen LogP contribution in [0.2, 0.25) is 13.1 Å². The molecule has 4 heteroatoms. The summed E-state index contributed by atoms with van der Waals surface area (Å²) in [6, 6.07) is 40.2. The zero-order valence-electron chi connectivity index (χ0n) is 30.5. The molecule has 0 aliphatic rings. The number of benzene rings is 4. The zero-order valence-corrected chi connectivity index (χ0v) is 35.4. The fraction of sp³-hybridized carbons (Fsp3) is 0.318. The van der Waals surface area contributed by atoms with Gasteiger partial charge in [-0.05, 0) is 34.8 Å². The fourth-order valence-corrected chi connectivity index (χ4v) is 6.13. The molecular formula is C44H52Cl2SiZr. The first-order valence-corrected chi connectivity index (χ1v) is 25.4. The van der Waals surface area contributed by atoms with Gasteiger partial charge in [-0.15, -0.1) is 69.1 Å². The van der Waals surface area contributed by atoms with Gasteiger partial charge in [0.15, 0.2) is 0 Å². The Bertz CT molecular complexity index is 1680. The Morgan fingerprint density at radius 2 is 0.812 bits per heavy atom. The van der Waals surface area contributed by atoms with Gasteiger partial charge in [-0.3, -0.25) is 0 Å². The van der Waals surface area contributed by atoms with Crippen LogP contribution < -0.4 is 0 Å². The van der Waals surface area contributed by atoms with E-state index >= 15 is 0 Å². The Kier molecular flexibility index (Phi) is 16.6. The maximum atomic E-state index is 4.93. The molecule has 0 amide bonds. The molecule has 0 aliphatic carbocycles. The Hall–Kier alpha value is -2.22. The van der Waals surface area contributed by atoms with Gasteiger partial charge in [-0.2, -0.15) is 12.1 Å². The van der Waals surface area contributed by atoms with E-state index in [-0.39, 0.29) is 0 Å². The third kappa shape index (κ3) is 10.4. The summed E-state index contributed by atoms with van der Waals surface area (Å²) in [5, 5.41) is 5.52. The molecule has 0 atom stereocenters. The van der Waals surface area contributed by atoms with Crippen LogP contribution in [0.1, 0.15) is 101 Å². The van der Waals surface area contributed by atoms with Gasteiger partial charge in [0.1, 0.15) is 0 Å². The average molecular weight is 771 g/mol. The summed E-state index contributed by atoms with van der Waals surface area (Å²) in [5.74, 6) is 2.20. The minimum absolute atomic E-state index is 0.530. The first-order valence-electron chi connectivity index (χ1n) is 17.1. The van der Waals surface area contributed by atoms with E-state index in [1.807, 2.05) is 0 Å². The topological polar surface area (TPSA) is 0 Å². The van der Waals surface area contributed by atoms with Crippen molar-refractivity contribution in [1.29, 1.82) is 0 Å². The quantitative estimate of drug-likeness (QED) is 0.117. The summed E-state index contributed by atoms with van der Waals surface area (Å²) in [7, 11) is 11.0. The van der Waals surface area contributed by atoms with Crippen molar-refractivity contribution in [3.05, 3.63) is 131 Å². The van der Waals surface area contributed by atoms with Crippen molar-refractivity contribution < 1.29 is 20.8 Å². The molecule has 0 bridgehead atoms. The molecule has 250 valence electrons. The third-order valence-corrected chi connectivity index (χ3v) is 8.59. The summed E-state index contributed by atoms with van der Waals surface area (Å²) >= 11 is -0.826. The van der Waals surface area contributed by atoms with E-state index in [9.17, 15) is 0 Å². The molecule has 0 fully saturated rings. The standard InChI is InChI=1S/2C21H23.C2H6Si.2ClH.Zr/c2*1-14(2)18-12-17-10-11-19(15(3)4)21(20(17)13-18)16-8-6-5-7-9-16;1-3-2;;;/h2*5-15H,1-4H3;1-2H3;2*1H;/q2*-1;;;;+4/p-2. The van der Waals surface area contributed by atoms with Gasteiger partial charge in [0.25, 0.3) is 0 Å². The normalized spacial score (nSPS) is 10.8. The number of halogens is 2. The average Bonchev–Trinajstić information content (AvgIpc) is 3.71. The minimum atomic E-state index is -0.826. The van der Waals surface area contributed by atoms with Crippen molar-refractivity contribution >= 4 is 48.1 Å². The Morgan fingerprint density at radius 3 is 1.08 bits per heavy atom. The predicted octanol–water partition coefficient (Wildman–Crippen LogP) is 15.1. The molecule has 0 nitrogen and oxygen atoms in total. The maximum absolute atomic E-state index is 4.93. The summed E-state index contributed by atoms with van der Waals surface area (Å²) in [6.45, 7) is 22.5. The van der Waals surface area contributed by atoms with Gasteiger partial charge in [-0.25, -0.2) is 0 Å². The Labute approximate surface area is 312 Å². The summed E-state index contributed by atoms with van der Waals surface area (Å²) in [6.07, 6.45) is 0. The van der Waals surface area contributed by atoms with Crippen LogP contribution in [0.15, 0.2) is 109 Å². The van der Waals surface area contributed by atoms with Crippen LogP contribution in [-0.2, 0) is 20.8 Å². The van der Waals surface area contributed by atoms with E-state index in [2.05, 4.69) is 178 Å². The van der Waals surface area contributed by atoms with Crippen LogP contribution in [0.3, 0.4) is 0 Å². The van der Waals surface area contributed by atoms with Gasteiger partial charge in [0.2, 0.25) is 0 Å². The van der Waals surface area contributed by atoms with E-state index in [1.54, 1.807) is 0 Å². The van der Waals surface area contributed by atoms with Gasteiger partial charge in [0, 0.05) is 9.52 Å². The van der Waals surface area contributed by atoms with Crippen LogP contribution in [-0.4, -0.2) is 9.52 Å². The second-order valence-electron chi connectivity index (χ2n) is 13.6. The van der Waals surface area contributed by atoms with Crippen molar-refractivity contribution in [1.82, 2.24) is 0 Å². The molecule has 2 radical (unpaired) electrons. The molecule has 0 saturated carbocycles. The molecule has 0 aliphatic heterocycles. The van der Waals surface area contributed by atoms with Crippen molar-refractivity contribution in [2.75, 3.05) is 0 Å². The monoisotopic (exact) mass is 768 g/mol. The molecule has 0 aromatic heterocycles. The van der Waals surface area contributed by atoms with Crippen molar-refractivity contribution in [3.63, 3.8) is 0 Å². The number of hydrogen-bond acceptors (Lipinski definition) is 0. The first-order chi connectivity index (χ1) is 23.0. The van der Waals surface area contributed by atoms with Gasteiger partial charge in [-0.1, -0.05) is 151 Å². The molecule has 0 saturated heterocycles. The summed E-state index contributed by atoms with van der Waals surface area (Å²) in [5.41, 5.74) is 11.2. The molecule has 0 N–H and O–H groups in total. The predicted molar refractivity (Wildman–Crippen MR) is 215 cm³/mol. The number of rotatable bonds is 6. The Balaban J connectivity index is 0.000000224. The van der Waals surface area contributed by atoms with Gasteiger partial charge in [0.05, 0.1) is 0 Å². The van der Waals surface area contributed by atoms with E-state index in [4.69, 9.17) is 17.0 Å². The van der Waals surface area contributed by atoms with Crippen LogP contribution in [0, 0.1) is 0 Å². The van der Waals surface area contributed by atoms with E-state index in [1.165, 1.54) is 66.1 Å². The van der Waals surface area contributed by atoms with E-state index in [0.717, 1.165) is 9.52 Å². The molecule has 6 aromatic carbocycles. The summed E-state index contributed by atoms with van der Waals surface area (Å²) in [4.78, 5) is 0. The molecule has 0 unspecified atom stereocenters. The van der Waals surface area contributed by atoms with Crippen LogP contribution in [0.5, 0.6) is 0 Å². The van der Waals surface area contributed by atoms with Crippen molar-refractivity contribution in [2.24, 2.45) is 0 Å². The number of fused-ring (bicyclic) bond motifs is 2. The van der Waals surface area contributed by atoms with E-state index < -0.39 is 20.8 Å². The van der Waals surface area contributed by atoms with Crippen LogP contribution >= 0.6 is 17.0 Å². The third-order valence-electron chi connectivity index (χ3n) is 8.59. The molecule has 0 heterocycles. The molecule has 6 rings (SSSR count). The van der Waals surface area contributed by atoms with Crippen molar-refractivity contribution in [2.45, 2.75) is 92.2 Å². The van der Waals surface area contributed by atoms with Crippen LogP contribution in [0.25, 0.3) is 43.8 Å². The SMILES string of the molecule is CC(C)c1cc2c(-c3ccccc3)c(C(C)C)ccc2[cH-]1.CC(C)c1cc2c(-c3ccccc3)c(C(C)C)ccc2[cH-]1.C[Si]C.[Cl][Zr+2][Cl]. The second-order valence-corrected chi connectivity index (χ2v) is 18.3. The number of hydrogen-bond donors (Lipinski definition) is 0. The molecule has 48 heavy (non-hydrogen) atoms. The summed E-state index contributed by atoms with van der Waals surface area (Å²) < 4.78 is 0. The Morgan fingerprint density at radius 1 is 0.500 bits per heavy atom.